The molecule has 0 radical (unpaired) electrons. The lowest BCUT2D eigenvalue weighted by atomic mass is 9.98. The fraction of sp³-hybridized carbons (Fsp3) is 0.625. The zero-order valence-corrected chi connectivity index (χ0v) is 13.1. The van der Waals surface area contributed by atoms with Crippen LogP contribution in [-0.4, -0.2) is 41.4 Å². The summed E-state index contributed by atoms with van der Waals surface area (Å²) in [6, 6.07) is 10.2. The zero-order valence-electron chi connectivity index (χ0n) is 12.3. The summed E-state index contributed by atoms with van der Waals surface area (Å²) in [7, 11) is 0. The lowest BCUT2D eigenvalue weighted by Gasteiger charge is -2.42. The molecule has 0 bridgehead atoms. The van der Waals surface area contributed by atoms with E-state index in [0.717, 1.165) is 11.5 Å². The van der Waals surface area contributed by atoms with Gasteiger partial charge in [0, 0.05) is 11.5 Å². The number of hydrogen-bond acceptors (Lipinski definition) is 5. The Hall–Kier alpha value is -0.590. The average Bonchev–Trinajstić information content (AvgIpc) is 2.86. The smallest absolute Gasteiger partial charge is 0.190 e. The molecule has 0 aliphatic carbocycles. The first-order valence-corrected chi connectivity index (χ1v) is 8.50. The molecule has 1 aromatic carbocycles. The normalized spacial score (nSPS) is 35.6. The summed E-state index contributed by atoms with van der Waals surface area (Å²) >= 11 is 1.88. The molecule has 5 heteroatoms. The van der Waals surface area contributed by atoms with Gasteiger partial charge < -0.3 is 18.9 Å². The van der Waals surface area contributed by atoms with Crippen molar-refractivity contribution in [3.63, 3.8) is 0 Å². The third kappa shape index (κ3) is 2.41. The Morgan fingerprint density at radius 1 is 1.14 bits per heavy atom. The second kappa shape index (κ2) is 4.96. The van der Waals surface area contributed by atoms with Gasteiger partial charge in [0.2, 0.25) is 0 Å². The fourth-order valence-corrected chi connectivity index (χ4v) is 4.26. The van der Waals surface area contributed by atoms with Crippen molar-refractivity contribution >= 4 is 11.8 Å². The SMILES string of the molecule is CC1(C)O[C@H]2OC3(CSC3)[C@H](OCc3ccccc3)[C@H]2O1. The molecule has 3 saturated heterocycles. The van der Waals surface area contributed by atoms with Gasteiger partial charge in [-0.25, -0.2) is 0 Å². The molecule has 0 unspecified atom stereocenters. The van der Waals surface area contributed by atoms with Crippen molar-refractivity contribution < 1.29 is 18.9 Å². The Morgan fingerprint density at radius 3 is 2.57 bits per heavy atom. The Morgan fingerprint density at radius 2 is 1.90 bits per heavy atom. The zero-order chi connectivity index (χ0) is 14.5. The second-order valence-corrected chi connectivity index (χ2v) is 7.35. The molecular formula is C16H20O4S. The molecule has 0 saturated carbocycles. The molecule has 4 rings (SSSR count). The summed E-state index contributed by atoms with van der Waals surface area (Å²) in [6.45, 7) is 4.42. The van der Waals surface area contributed by atoms with Crippen molar-refractivity contribution in [3.05, 3.63) is 35.9 Å². The summed E-state index contributed by atoms with van der Waals surface area (Å²) in [5, 5.41) is 0. The Balaban J connectivity index is 1.50. The van der Waals surface area contributed by atoms with Crippen molar-refractivity contribution in [2.24, 2.45) is 0 Å². The minimum Gasteiger partial charge on any atom is -0.368 e. The molecule has 1 spiro atoms. The quantitative estimate of drug-likeness (QED) is 0.858. The van der Waals surface area contributed by atoms with E-state index in [1.807, 2.05) is 43.8 Å². The molecule has 0 aromatic heterocycles. The third-order valence-corrected chi connectivity index (χ3v) is 5.61. The minimum atomic E-state index is -0.595. The summed E-state index contributed by atoms with van der Waals surface area (Å²) in [4.78, 5) is 0. The van der Waals surface area contributed by atoms with Gasteiger partial charge in [-0.1, -0.05) is 30.3 Å². The predicted molar refractivity (Wildman–Crippen MR) is 80.0 cm³/mol. The van der Waals surface area contributed by atoms with E-state index in [2.05, 4.69) is 12.1 Å². The summed E-state index contributed by atoms with van der Waals surface area (Å²) in [6.07, 6.45) is -0.503. The molecule has 4 nitrogen and oxygen atoms in total. The highest BCUT2D eigenvalue weighted by atomic mass is 32.2. The number of fused-ring (bicyclic) bond motifs is 1. The summed E-state index contributed by atoms with van der Waals surface area (Å²) < 4.78 is 24.2. The highest BCUT2D eigenvalue weighted by Crippen LogP contribution is 2.50. The molecule has 0 amide bonds. The van der Waals surface area contributed by atoms with Crippen molar-refractivity contribution in [3.8, 4) is 0 Å². The van der Waals surface area contributed by atoms with Crippen LogP contribution in [-0.2, 0) is 25.6 Å². The molecule has 3 aliphatic rings. The lowest BCUT2D eigenvalue weighted by molar-refractivity contribution is -0.237. The van der Waals surface area contributed by atoms with Crippen LogP contribution in [0.3, 0.4) is 0 Å². The minimum absolute atomic E-state index is 0.0641. The van der Waals surface area contributed by atoms with Crippen LogP contribution in [0, 0.1) is 0 Å². The van der Waals surface area contributed by atoms with Gasteiger partial charge in [0.15, 0.2) is 12.1 Å². The van der Waals surface area contributed by atoms with Crippen LogP contribution in [0.1, 0.15) is 19.4 Å². The molecule has 3 heterocycles. The summed E-state index contributed by atoms with van der Waals surface area (Å²) in [5.74, 6) is 1.31. The van der Waals surface area contributed by atoms with Crippen molar-refractivity contribution in [2.75, 3.05) is 11.5 Å². The lowest BCUT2D eigenvalue weighted by Crippen LogP contribution is -2.55. The van der Waals surface area contributed by atoms with E-state index in [-0.39, 0.29) is 24.1 Å². The molecule has 1 aromatic rings. The van der Waals surface area contributed by atoms with Crippen LogP contribution in [0.15, 0.2) is 30.3 Å². The fourth-order valence-electron chi connectivity index (χ4n) is 3.19. The molecule has 3 atom stereocenters. The van der Waals surface area contributed by atoms with E-state index in [1.165, 1.54) is 5.56 Å². The van der Waals surface area contributed by atoms with Gasteiger partial charge in [-0.2, -0.15) is 11.8 Å². The van der Waals surface area contributed by atoms with E-state index >= 15 is 0 Å². The van der Waals surface area contributed by atoms with Crippen molar-refractivity contribution in [1.29, 1.82) is 0 Å². The molecule has 0 N–H and O–H groups in total. The van der Waals surface area contributed by atoms with Gasteiger partial charge in [-0.05, 0) is 19.4 Å². The monoisotopic (exact) mass is 308 g/mol. The van der Waals surface area contributed by atoms with E-state index in [4.69, 9.17) is 18.9 Å². The van der Waals surface area contributed by atoms with Crippen LogP contribution in [0.25, 0.3) is 0 Å². The van der Waals surface area contributed by atoms with Crippen LogP contribution in [0.2, 0.25) is 0 Å². The first-order chi connectivity index (χ1) is 10.1. The summed E-state index contributed by atoms with van der Waals surface area (Å²) in [5.41, 5.74) is 0.937. The van der Waals surface area contributed by atoms with E-state index in [9.17, 15) is 0 Å². The number of benzene rings is 1. The standard InChI is InChI=1S/C16H20O4S/c1-15(2)18-12-13(17-8-11-6-4-3-5-7-11)16(9-21-10-16)20-14(12)19-15/h3-7,12-14H,8-10H2,1-2H3/t12-,13-,14+/m1/s1. The first kappa shape index (κ1) is 14.0. The highest BCUT2D eigenvalue weighted by molar-refractivity contribution is 8.00. The van der Waals surface area contributed by atoms with Gasteiger partial charge in [0.1, 0.15) is 17.8 Å². The van der Waals surface area contributed by atoms with Crippen molar-refractivity contribution in [2.45, 2.75) is 50.3 Å². The van der Waals surface area contributed by atoms with Crippen LogP contribution in [0.4, 0.5) is 0 Å². The van der Waals surface area contributed by atoms with Gasteiger partial charge in [0.25, 0.3) is 0 Å². The van der Waals surface area contributed by atoms with Crippen LogP contribution < -0.4 is 0 Å². The molecule has 3 aliphatic heterocycles. The topological polar surface area (TPSA) is 36.9 Å². The maximum absolute atomic E-state index is 6.21. The molecule has 114 valence electrons. The Labute approximate surface area is 129 Å². The third-order valence-electron chi connectivity index (χ3n) is 4.22. The number of rotatable bonds is 3. The Kier molecular flexibility index (Phi) is 3.32. The van der Waals surface area contributed by atoms with Gasteiger partial charge in [-0.3, -0.25) is 0 Å². The van der Waals surface area contributed by atoms with Crippen LogP contribution >= 0.6 is 11.8 Å². The van der Waals surface area contributed by atoms with Gasteiger partial charge in [-0.15, -0.1) is 0 Å². The maximum atomic E-state index is 6.21. The molecular weight excluding hydrogens is 288 g/mol. The van der Waals surface area contributed by atoms with E-state index in [0.29, 0.717) is 6.61 Å². The average molecular weight is 308 g/mol. The maximum Gasteiger partial charge on any atom is 0.190 e. The number of thioether (sulfide) groups is 1. The van der Waals surface area contributed by atoms with Gasteiger partial charge >= 0.3 is 0 Å². The molecule has 21 heavy (non-hydrogen) atoms. The predicted octanol–water partition coefficient (Wildman–Crippen LogP) is 2.57. The van der Waals surface area contributed by atoms with E-state index in [1.54, 1.807) is 0 Å². The second-order valence-electron chi connectivity index (χ2n) is 6.36. The van der Waals surface area contributed by atoms with E-state index < -0.39 is 5.79 Å². The molecule has 3 fully saturated rings. The number of ether oxygens (including phenoxy) is 4. The number of hydrogen-bond donors (Lipinski definition) is 0. The largest absolute Gasteiger partial charge is 0.368 e. The van der Waals surface area contributed by atoms with Crippen molar-refractivity contribution in [1.82, 2.24) is 0 Å². The van der Waals surface area contributed by atoms with Gasteiger partial charge in [0.05, 0.1) is 6.61 Å². The Bertz CT molecular complexity index is 514. The van der Waals surface area contributed by atoms with Crippen LogP contribution in [0.5, 0.6) is 0 Å². The highest BCUT2D eigenvalue weighted by Gasteiger charge is 2.64. The first-order valence-electron chi connectivity index (χ1n) is 7.35.